The molecule has 0 radical (unpaired) electrons. The number of amides is 1. The summed E-state index contributed by atoms with van der Waals surface area (Å²) in [4.78, 5) is 12.0. The van der Waals surface area contributed by atoms with Crippen molar-refractivity contribution in [2.45, 2.75) is 33.2 Å². The number of nitrogens with one attached hydrogen (secondary N) is 1. The van der Waals surface area contributed by atoms with E-state index in [9.17, 15) is 13.2 Å². The van der Waals surface area contributed by atoms with Crippen LogP contribution in [0.2, 0.25) is 0 Å². The fourth-order valence-corrected chi connectivity index (χ4v) is 2.64. The Hall–Kier alpha value is -1.41. The highest BCUT2D eigenvalue weighted by Crippen LogP contribution is 2.09. The van der Waals surface area contributed by atoms with Crippen LogP contribution in [0.3, 0.4) is 0 Å². The van der Waals surface area contributed by atoms with Gasteiger partial charge in [0.2, 0.25) is 0 Å². The molecule has 0 saturated heterocycles. The van der Waals surface area contributed by atoms with Gasteiger partial charge >= 0.3 is 10.2 Å². The molecule has 1 heterocycles. The van der Waals surface area contributed by atoms with Crippen LogP contribution in [0.1, 0.15) is 36.8 Å². The Morgan fingerprint density at radius 2 is 2.11 bits per heavy atom. The first-order valence-electron chi connectivity index (χ1n) is 6.01. The summed E-state index contributed by atoms with van der Waals surface area (Å²) in [7, 11) is -0.692. The van der Waals surface area contributed by atoms with Crippen molar-refractivity contribution in [3.63, 3.8) is 0 Å². The Morgan fingerprint density at radius 3 is 2.58 bits per heavy atom. The first-order chi connectivity index (χ1) is 8.70. The lowest BCUT2D eigenvalue weighted by molar-refractivity contribution is 0.0978. The number of carbonyl (C=O) groups is 1. The minimum atomic E-state index is -3.83. The van der Waals surface area contributed by atoms with Gasteiger partial charge in [0, 0.05) is 20.1 Å². The second-order valence-corrected chi connectivity index (χ2v) is 6.26. The van der Waals surface area contributed by atoms with Gasteiger partial charge in [-0.1, -0.05) is 6.92 Å². The van der Waals surface area contributed by atoms with Crippen LogP contribution >= 0.6 is 0 Å². The van der Waals surface area contributed by atoms with Gasteiger partial charge in [0.25, 0.3) is 5.91 Å². The van der Waals surface area contributed by atoms with E-state index in [1.54, 1.807) is 25.6 Å². The van der Waals surface area contributed by atoms with Crippen LogP contribution in [0.5, 0.6) is 0 Å². The maximum absolute atomic E-state index is 12.0. The average molecular weight is 288 g/mol. The second-order valence-electron chi connectivity index (χ2n) is 4.53. The van der Waals surface area contributed by atoms with Gasteiger partial charge in [-0.2, -0.15) is 17.8 Å². The molecule has 0 atom stereocenters. The first-order valence-corrected chi connectivity index (χ1v) is 7.45. The van der Waals surface area contributed by atoms with Gasteiger partial charge in [0.1, 0.15) is 0 Å². The van der Waals surface area contributed by atoms with Gasteiger partial charge in [0.15, 0.2) is 0 Å². The molecule has 1 aromatic heterocycles. The van der Waals surface area contributed by atoms with E-state index >= 15 is 0 Å². The summed E-state index contributed by atoms with van der Waals surface area (Å²) in [5, 5.41) is 3.97. The minimum Gasteiger partial charge on any atom is -0.272 e. The fraction of sp³-hybridized carbons (Fsp3) is 0.636. The number of carbonyl (C=O) groups excluding carboxylic acids is 1. The third-order valence-corrected chi connectivity index (χ3v) is 4.59. The lowest BCUT2D eigenvalue weighted by atomic mass is 10.2. The molecule has 0 aliphatic carbocycles. The Bertz CT molecular complexity index is 562. The normalized spacial score (nSPS) is 12.2. The van der Waals surface area contributed by atoms with E-state index in [2.05, 4.69) is 5.10 Å². The van der Waals surface area contributed by atoms with Crippen LogP contribution in [0.25, 0.3) is 0 Å². The Labute approximate surface area is 113 Å². The minimum absolute atomic E-state index is 0.232. The molecule has 0 aliphatic heterocycles. The molecule has 108 valence electrons. The van der Waals surface area contributed by atoms with Crippen LogP contribution in [0.4, 0.5) is 0 Å². The van der Waals surface area contributed by atoms with Crippen molar-refractivity contribution in [3.8, 4) is 0 Å². The molecule has 0 saturated carbocycles. The van der Waals surface area contributed by atoms with E-state index in [0.29, 0.717) is 12.1 Å². The zero-order valence-corrected chi connectivity index (χ0v) is 12.7. The lowest BCUT2D eigenvalue weighted by Crippen LogP contribution is -2.44. The predicted molar refractivity (Wildman–Crippen MR) is 71.9 cm³/mol. The molecule has 0 fully saturated rings. The largest absolute Gasteiger partial charge is 0.304 e. The Morgan fingerprint density at radius 1 is 1.53 bits per heavy atom. The number of hydrogen-bond donors (Lipinski definition) is 1. The second kappa shape index (κ2) is 5.70. The fourth-order valence-electron chi connectivity index (χ4n) is 1.59. The van der Waals surface area contributed by atoms with E-state index in [0.717, 1.165) is 4.31 Å². The molecule has 8 heteroatoms. The highest BCUT2D eigenvalue weighted by Gasteiger charge is 2.25. The van der Waals surface area contributed by atoms with Crippen molar-refractivity contribution in [2.75, 3.05) is 7.05 Å². The highest BCUT2D eigenvalue weighted by molar-refractivity contribution is 7.87. The zero-order valence-electron chi connectivity index (χ0n) is 11.8. The van der Waals surface area contributed by atoms with E-state index in [4.69, 9.17) is 0 Å². The van der Waals surface area contributed by atoms with E-state index in [1.165, 1.54) is 13.2 Å². The summed E-state index contributed by atoms with van der Waals surface area (Å²) in [6.07, 6.45) is 1.97. The summed E-state index contributed by atoms with van der Waals surface area (Å²) >= 11 is 0. The maximum atomic E-state index is 12.0. The van der Waals surface area contributed by atoms with Crippen molar-refractivity contribution >= 4 is 16.1 Å². The summed E-state index contributed by atoms with van der Waals surface area (Å²) < 4.78 is 28.6. The molecule has 0 aliphatic rings. The van der Waals surface area contributed by atoms with Gasteiger partial charge in [0.05, 0.1) is 17.5 Å². The SMILES string of the molecule is CCc1c(C(=O)NS(=O)(=O)N(C)C(C)C)cnn1C. The van der Waals surface area contributed by atoms with E-state index in [-0.39, 0.29) is 11.6 Å². The van der Waals surface area contributed by atoms with Gasteiger partial charge in [-0.25, -0.2) is 4.72 Å². The van der Waals surface area contributed by atoms with Crippen LogP contribution < -0.4 is 4.72 Å². The number of hydrogen-bond acceptors (Lipinski definition) is 4. The molecule has 19 heavy (non-hydrogen) atoms. The first kappa shape index (κ1) is 15.6. The average Bonchev–Trinajstić information content (AvgIpc) is 2.68. The van der Waals surface area contributed by atoms with Crippen LogP contribution in [-0.2, 0) is 23.7 Å². The number of aromatic nitrogens is 2. The van der Waals surface area contributed by atoms with Crippen molar-refractivity contribution in [3.05, 3.63) is 17.5 Å². The summed E-state index contributed by atoms with van der Waals surface area (Å²) in [6.45, 7) is 5.33. The van der Waals surface area contributed by atoms with Crippen molar-refractivity contribution in [2.24, 2.45) is 7.05 Å². The van der Waals surface area contributed by atoms with Gasteiger partial charge in [-0.05, 0) is 20.3 Å². The van der Waals surface area contributed by atoms with Gasteiger partial charge in [-0.15, -0.1) is 0 Å². The molecular weight excluding hydrogens is 268 g/mol. The smallest absolute Gasteiger partial charge is 0.272 e. The summed E-state index contributed by atoms with van der Waals surface area (Å²) in [5.74, 6) is -0.655. The quantitative estimate of drug-likeness (QED) is 0.844. The van der Waals surface area contributed by atoms with Crippen molar-refractivity contribution in [1.29, 1.82) is 0 Å². The Kier molecular flexibility index (Phi) is 4.70. The predicted octanol–water partition coefficient (Wildman–Crippen LogP) is 0.297. The van der Waals surface area contributed by atoms with Crippen LogP contribution in [0, 0.1) is 0 Å². The third kappa shape index (κ3) is 3.32. The molecule has 0 unspecified atom stereocenters. The monoisotopic (exact) mass is 288 g/mol. The lowest BCUT2D eigenvalue weighted by Gasteiger charge is -2.20. The van der Waals surface area contributed by atoms with Crippen LogP contribution in [-0.4, -0.2) is 41.5 Å². The molecule has 1 rings (SSSR count). The van der Waals surface area contributed by atoms with Crippen molar-refractivity contribution < 1.29 is 13.2 Å². The van der Waals surface area contributed by atoms with Gasteiger partial charge in [-0.3, -0.25) is 9.48 Å². The number of rotatable bonds is 5. The standard InChI is InChI=1S/C11H20N4O3S/c1-6-10-9(7-12-14(10)4)11(16)13-19(17,18)15(5)8(2)3/h7-8H,6H2,1-5H3,(H,13,16). The van der Waals surface area contributed by atoms with E-state index < -0.39 is 16.1 Å². The third-order valence-electron chi connectivity index (χ3n) is 2.97. The number of nitrogens with zero attached hydrogens (tertiary/aromatic N) is 3. The molecule has 0 spiro atoms. The van der Waals surface area contributed by atoms with E-state index in [1.807, 2.05) is 11.6 Å². The van der Waals surface area contributed by atoms with Crippen molar-refractivity contribution in [1.82, 2.24) is 18.8 Å². The molecular formula is C11H20N4O3S. The van der Waals surface area contributed by atoms with Crippen LogP contribution in [0.15, 0.2) is 6.20 Å². The van der Waals surface area contributed by atoms with Gasteiger partial charge < -0.3 is 0 Å². The number of aryl methyl sites for hydroxylation is 1. The Balaban J connectivity index is 2.97. The summed E-state index contributed by atoms with van der Waals surface area (Å²) in [6, 6.07) is -0.232. The summed E-state index contributed by atoms with van der Waals surface area (Å²) in [5.41, 5.74) is 0.977. The molecule has 0 aromatic carbocycles. The maximum Gasteiger partial charge on any atom is 0.304 e. The molecule has 7 nitrogen and oxygen atoms in total. The molecule has 1 N–H and O–H groups in total. The highest BCUT2D eigenvalue weighted by atomic mass is 32.2. The molecule has 1 amide bonds. The zero-order chi connectivity index (χ0) is 14.8. The molecule has 1 aromatic rings. The topological polar surface area (TPSA) is 84.3 Å². The molecule has 0 bridgehead atoms.